The minimum absolute atomic E-state index is 1.06. The number of anilines is 3. The zero-order valence-corrected chi connectivity index (χ0v) is 37.8. The first-order valence-corrected chi connectivity index (χ1v) is 23.7. The van der Waals surface area contributed by atoms with E-state index in [4.69, 9.17) is 0 Å². The van der Waals surface area contributed by atoms with Crippen molar-refractivity contribution >= 4 is 60.7 Å². The Bertz CT molecular complexity index is 3940. The summed E-state index contributed by atoms with van der Waals surface area (Å²) in [5.74, 6) is 0. The molecule has 0 aliphatic rings. The van der Waals surface area contributed by atoms with Gasteiger partial charge in [-0.25, -0.2) is 0 Å². The first-order chi connectivity index (χ1) is 34.3. The van der Waals surface area contributed by atoms with Crippen molar-refractivity contribution in [1.29, 1.82) is 0 Å². The molecule has 0 amide bonds. The fourth-order valence-corrected chi connectivity index (χ4v) is 10.6. The number of aromatic nitrogens is 2. The summed E-state index contributed by atoms with van der Waals surface area (Å²) in [5.41, 5.74) is 19.6. The van der Waals surface area contributed by atoms with Gasteiger partial charge < -0.3 is 14.0 Å². The highest BCUT2D eigenvalue weighted by atomic mass is 15.1. The minimum atomic E-state index is 1.06. The van der Waals surface area contributed by atoms with Gasteiger partial charge in [-0.1, -0.05) is 194 Å². The number of rotatable bonds is 9. The van der Waals surface area contributed by atoms with Crippen molar-refractivity contribution in [3.63, 3.8) is 0 Å². The van der Waals surface area contributed by atoms with Crippen molar-refractivity contribution in [2.45, 2.75) is 0 Å². The lowest BCUT2D eigenvalue weighted by atomic mass is 9.87. The third-order valence-corrected chi connectivity index (χ3v) is 13.7. The van der Waals surface area contributed by atoms with E-state index in [1.54, 1.807) is 0 Å². The van der Waals surface area contributed by atoms with Crippen LogP contribution in [0, 0.1) is 0 Å². The molecular formula is C66H45N3. The summed E-state index contributed by atoms with van der Waals surface area (Å²) >= 11 is 0. The zero-order valence-electron chi connectivity index (χ0n) is 37.8. The summed E-state index contributed by atoms with van der Waals surface area (Å²) < 4.78 is 4.78. The molecule has 2 heterocycles. The minimum Gasteiger partial charge on any atom is -0.310 e. The lowest BCUT2D eigenvalue weighted by Gasteiger charge is -2.30. The molecule has 0 bridgehead atoms. The molecule has 0 fully saturated rings. The van der Waals surface area contributed by atoms with Crippen LogP contribution in [0.4, 0.5) is 17.1 Å². The van der Waals surface area contributed by atoms with Crippen LogP contribution in [0.2, 0.25) is 0 Å². The Morgan fingerprint density at radius 2 is 0.696 bits per heavy atom. The Kier molecular flexibility index (Phi) is 9.84. The quantitative estimate of drug-likeness (QED) is 0.141. The number of fused-ring (bicyclic) bond motifs is 6. The van der Waals surface area contributed by atoms with E-state index in [-0.39, 0.29) is 0 Å². The number of hydrogen-bond donors (Lipinski definition) is 0. The van der Waals surface area contributed by atoms with Crippen LogP contribution in [0.25, 0.3) is 99.5 Å². The molecule has 0 atom stereocenters. The van der Waals surface area contributed by atoms with Crippen LogP contribution < -0.4 is 4.90 Å². The molecule has 13 aromatic rings. The largest absolute Gasteiger partial charge is 0.310 e. The smallest absolute Gasteiger partial charge is 0.0546 e. The van der Waals surface area contributed by atoms with E-state index in [2.05, 4.69) is 287 Å². The standard InChI is InChI=1S/C66H45N3/c1-4-20-47(21-5-1)54-28-10-11-32-59(54)66-55(48-22-6-2-7-23-48)33-19-37-65(66)67(53-42-43-64-60(45-53)58-31-14-17-36-63(58)68(64)50-25-8-3-9-26-50)51-40-38-46(39-41-51)49-24-18-27-52(44-49)69-61-34-15-12-29-56(61)57-30-13-16-35-62(57)69/h1-45H. The Morgan fingerprint density at radius 1 is 0.246 bits per heavy atom. The van der Waals surface area contributed by atoms with Crippen LogP contribution in [0.1, 0.15) is 0 Å². The van der Waals surface area contributed by atoms with Gasteiger partial charge in [0, 0.05) is 49.9 Å². The highest BCUT2D eigenvalue weighted by Crippen LogP contribution is 2.49. The van der Waals surface area contributed by atoms with Crippen molar-refractivity contribution in [3.05, 3.63) is 273 Å². The SMILES string of the molecule is c1ccc(-c2ccccc2-c2c(-c3ccccc3)cccc2N(c2ccc(-c3cccc(-n4c5ccccc5c5ccccc54)c3)cc2)c2ccc3c(c2)c2ccccc2n3-c2ccccc2)cc1. The lowest BCUT2D eigenvalue weighted by Crippen LogP contribution is -2.12. The second kappa shape index (κ2) is 16.9. The Balaban J connectivity index is 1.03. The fourth-order valence-electron chi connectivity index (χ4n) is 10.6. The summed E-state index contributed by atoms with van der Waals surface area (Å²) in [4.78, 5) is 2.47. The Morgan fingerprint density at radius 3 is 1.35 bits per heavy atom. The summed E-state index contributed by atoms with van der Waals surface area (Å²) in [6.07, 6.45) is 0. The maximum absolute atomic E-state index is 2.47. The number of para-hydroxylation sites is 4. The molecule has 324 valence electrons. The molecule has 0 aliphatic carbocycles. The van der Waals surface area contributed by atoms with Crippen LogP contribution in [0.5, 0.6) is 0 Å². The van der Waals surface area contributed by atoms with E-state index in [1.165, 1.54) is 60.3 Å². The Hall–Kier alpha value is -9.18. The second-order valence-corrected chi connectivity index (χ2v) is 17.7. The number of hydrogen-bond acceptors (Lipinski definition) is 1. The molecule has 0 aliphatic heterocycles. The van der Waals surface area contributed by atoms with Gasteiger partial charge in [0.1, 0.15) is 0 Å². The van der Waals surface area contributed by atoms with Crippen molar-refractivity contribution in [3.8, 4) is 55.9 Å². The lowest BCUT2D eigenvalue weighted by molar-refractivity contribution is 1.18. The topological polar surface area (TPSA) is 13.1 Å². The average molecular weight is 880 g/mol. The van der Waals surface area contributed by atoms with Crippen LogP contribution in [0.15, 0.2) is 273 Å². The monoisotopic (exact) mass is 879 g/mol. The molecule has 3 nitrogen and oxygen atoms in total. The van der Waals surface area contributed by atoms with Gasteiger partial charge in [0.2, 0.25) is 0 Å². The van der Waals surface area contributed by atoms with Crippen molar-refractivity contribution in [2.75, 3.05) is 4.90 Å². The maximum atomic E-state index is 2.47. The third kappa shape index (κ3) is 6.91. The zero-order chi connectivity index (χ0) is 45.7. The molecule has 0 saturated carbocycles. The average Bonchev–Trinajstić information content (AvgIpc) is 3.95. The van der Waals surface area contributed by atoms with E-state index < -0.39 is 0 Å². The molecule has 0 spiro atoms. The molecule has 11 aromatic carbocycles. The second-order valence-electron chi connectivity index (χ2n) is 17.7. The molecular weight excluding hydrogens is 835 g/mol. The van der Waals surface area contributed by atoms with Crippen molar-refractivity contribution in [1.82, 2.24) is 9.13 Å². The first kappa shape index (κ1) is 40.1. The van der Waals surface area contributed by atoms with Crippen LogP contribution in [-0.4, -0.2) is 9.13 Å². The first-order valence-electron chi connectivity index (χ1n) is 23.7. The van der Waals surface area contributed by atoms with E-state index >= 15 is 0 Å². The van der Waals surface area contributed by atoms with Gasteiger partial charge in [-0.05, 0) is 118 Å². The molecule has 3 heteroatoms. The molecule has 0 unspecified atom stereocenters. The maximum Gasteiger partial charge on any atom is 0.0546 e. The molecule has 0 saturated heterocycles. The molecule has 0 N–H and O–H groups in total. The van der Waals surface area contributed by atoms with Gasteiger partial charge in [0.15, 0.2) is 0 Å². The Labute approximate surface area is 401 Å². The molecule has 2 aromatic heterocycles. The normalized spacial score (nSPS) is 11.5. The van der Waals surface area contributed by atoms with Gasteiger partial charge in [-0.3, -0.25) is 0 Å². The van der Waals surface area contributed by atoms with E-state index in [1.807, 2.05) is 0 Å². The van der Waals surface area contributed by atoms with Gasteiger partial charge >= 0.3 is 0 Å². The van der Waals surface area contributed by atoms with Gasteiger partial charge in [-0.2, -0.15) is 0 Å². The highest BCUT2D eigenvalue weighted by Gasteiger charge is 2.24. The van der Waals surface area contributed by atoms with Gasteiger partial charge in [-0.15, -0.1) is 0 Å². The van der Waals surface area contributed by atoms with Gasteiger partial charge in [0.05, 0.1) is 27.8 Å². The van der Waals surface area contributed by atoms with Crippen molar-refractivity contribution < 1.29 is 0 Å². The summed E-state index contributed by atoms with van der Waals surface area (Å²) in [7, 11) is 0. The summed E-state index contributed by atoms with van der Waals surface area (Å²) in [6.45, 7) is 0. The number of benzene rings is 11. The molecule has 0 radical (unpaired) electrons. The van der Waals surface area contributed by atoms with Crippen molar-refractivity contribution in [2.24, 2.45) is 0 Å². The number of nitrogens with zero attached hydrogens (tertiary/aromatic N) is 3. The van der Waals surface area contributed by atoms with Crippen LogP contribution >= 0.6 is 0 Å². The van der Waals surface area contributed by atoms with Gasteiger partial charge in [0.25, 0.3) is 0 Å². The molecule has 13 rings (SSSR count). The fraction of sp³-hybridized carbons (Fsp3) is 0. The van der Waals surface area contributed by atoms with Crippen LogP contribution in [-0.2, 0) is 0 Å². The predicted molar refractivity (Wildman–Crippen MR) is 292 cm³/mol. The van der Waals surface area contributed by atoms with E-state index in [9.17, 15) is 0 Å². The van der Waals surface area contributed by atoms with Crippen LogP contribution in [0.3, 0.4) is 0 Å². The third-order valence-electron chi connectivity index (χ3n) is 13.7. The predicted octanol–water partition coefficient (Wildman–Crippen LogP) is 18.0. The summed E-state index contributed by atoms with van der Waals surface area (Å²) in [5, 5.41) is 4.92. The summed E-state index contributed by atoms with van der Waals surface area (Å²) in [6, 6.07) is 99.2. The van der Waals surface area contributed by atoms with E-state index in [0.717, 1.165) is 56.2 Å². The highest BCUT2D eigenvalue weighted by molar-refractivity contribution is 6.12. The molecule has 69 heavy (non-hydrogen) atoms. The van der Waals surface area contributed by atoms with E-state index in [0.29, 0.717) is 0 Å².